The van der Waals surface area contributed by atoms with Gasteiger partial charge in [0.15, 0.2) is 0 Å². The fourth-order valence-electron chi connectivity index (χ4n) is 3.81. The first kappa shape index (κ1) is 19.0. The zero-order valence-electron chi connectivity index (χ0n) is 16.0. The number of aliphatic imine (C=N–C) groups is 1. The normalized spacial score (nSPS) is 16.2. The minimum Gasteiger partial charge on any atom is -0.339 e. The van der Waals surface area contributed by atoms with Gasteiger partial charge in [0.1, 0.15) is 17.0 Å². The van der Waals surface area contributed by atoms with Gasteiger partial charge >= 0.3 is 0 Å². The second-order valence-electron chi connectivity index (χ2n) is 7.10. The summed E-state index contributed by atoms with van der Waals surface area (Å²) < 4.78 is 25.4. The standard InChI is InChI=1S/C19H19N5O2S3/c1-27-15-6-12-8-20-7-11(12)5-14(15)23-18-17-13-3-4-24(29(2,25)26)9-16(13)28-19(17)22-10-21-18/h5-7,10H,3-4,8-9H2,1-2H3,(H,21,22,23). The number of thiophene rings is 1. The van der Waals surface area contributed by atoms with E-state index in [0.717, 1.165) is 49.2 Å². The summed E-state index contributed by atoms with van der Waals surface area (Å²) in [6.07, 6.45) is 7.46. The van der Waals surface area contributed by atoms with Crippen molar-refractivity contribution < 1.29 is 8.42 Å². The van der Waals surface area contributed by atoms with Crippen LogP contribution in [0.3, 0.4) is 0 Å². The Kier molecular flexibility index (Phi) is 4.61. The first-order valence-corrected chi connectivity index (χ1v) is 13.0. The van der Waals surface area contributed by atoms with Crippen molar-refractivity contribution in [1.29, 1.82) is 0 Å². The molecule has 150 valence electrons. The molecule has 0 fully saturated rings. The van der Waals surface area contributed by atoms with Gasteiger partial charge in [-0.1, -0.05) is 0 Å². The van der Waals surface area contributed by atoms with E-state index >= 15 is 0 Å². The predicted molar refractivity (Wildman–Crippen MR) is 119 cm³/mol. The van der Waals surface area contributed by atoms with Crippen molar-refractivity contribution in [2.45, 2.75) is 24.4 Å². The topological polar surface area (TPSA) is 87.5 Å². The van der Waals surface area contributed by atoms with Crippen LogP contribution in [0.2, 0.25) is 0 Å². The average molecular weight is 446 g/mol. The van der Waals surface area contributed by atoms with Crippen molar-refractivity contribution in [3.8, 4) is 0 Å². The molecule has 2 aromatic heterocycles. The molecule has 0 spiro atoms. The maximum atomic E-state index is 12.0. The van der Waals surface area contributed by atoms with Gasteiger partial charge in [0.2, 0.25) is 10.0 Å². The molecule has 4 heterocycles. The van der Waals surface area contributed by atoms with Crippen LogP contribution >= 0.6 is 23.1 Å². The number of sulfonamides is 1. The van der Waals surface area contributed by atoms with Gasteiger partial charge < -0.3 is 5.32 Å². The molecule has 1 aromatic carbocycles. The molecule has 2 aliphatic heterocycles. The van der Waals surface area contributed by atoms with E-state index in [1.54, 1.807) is 29.4 Å². The molecular formula is C19H19N5O2S3. The number of nitrogens with zero attached hydrogens (tertiary/aromatic N) is 4. The number of nitrogens with one attached hydrogen (secondary N) is 1. The van der Waals surface area contributed by atoms with E-state index in [-0.39, 0.29) is 0 Å². The second-order valence-corrected chi connectivity index (χ2v) is 11.0. The third-order valence-electron chi connectivity index (χ3n) is 5.28. The Balaban J connectivity index is 1.58. The lowest BCUT2D eigenvalue weighted by Gasteiger charge is -2.24. The van der Waals surface area contributed by atoms with Crippen LogP contribution in [0.1, 0.15) is 21.6 Å². The van der Waals surface area contributed by atoms with Crippen molar-refractivity contribution in [2.24, 2.45) is 4.99 Å². The van der Waals surface area contributed by atoms with Crippen LogP contribution < -0.4 is 5.32 Å². The fourth-order valence-corrected chi connectivity index (χ4v) is 6.48. The van der Waals surface area contributed by atoms with E-state index in [1.807, 2.05) is 6.21 Å². The highest BCUT2D eigenvalue weighted by molar-refractivity contribution is 7.98. The molecule has 0 unspecified atom stereocenters. The lowest BCUT2D eigenvalue weighted by Crippen LogP contribution is -2.34. The molecule has 10 heteroatoms. The van der Waals surface area contributed by atoms with Crippen LogP contribution in [0.4, 0.5) is 11.5 Å². The summed E-state index contributed by atoms with van der Waals surface area (Å²) in [5.41, 5.74) is 4.52. The first-order chi connectivity index (χ1) is 13.9. The number of aromatic nitrogens is 2. The minimum absolute atomic E-state index is 0.403. The van der Waals surface area contributed by atoms with Gasteiger partial charge in [0, 0.05) is 29.1 Å². The van der Waals surface area contributed by atoms with E-state index in [9.17, 15) is 8.42 Å². The van der Waals surface area contributed by atoms with Crippen molar-refractivity contribution in [2.75, 3.05) is 24.4 Å². The number of benzene rings is 1. The molecule has 29 heavy (non-hydrogen) atoms. The van der Waals surface area contributed by atoms with Gasteiger partial charge in [-0.05, 0) is 41.5 Å². The van der Waals surface area contributed by atoms with Gasteiger partial charge in [-0.25, -0.2) is 18.4 Å². The van der Waals surface area contributed by atoms with E-state index in [0.29, 0.717) is 19.5 Å². The monoisotopic (exact) mass is 445 g/mol. The number of anilines is 2. The molecule has 0 atom stereocenters. The smallest absolute Gasteiger partial charge is 0.211 e. The molecule has 0 saturated carbocycles. The van der Waals surface area contributed by atoms with E-state index in [2.05, 4.69) is 38.7 Å². The molecule has 5 rings (SSSR count). The van der Waals surface area contributed by atoms with Crippen LogP contribution in [-0.4, -0.2) is 48.0 Å². The molecular weight excluding hydrogens is 426 g/mol. The molecule has 0 amide bonds. The zero-order chi connectivity index (χ0) is 20.2. The van der Waals surface area contributed by atoms with E-state index in [1.165, 1.54) is 16.1 Å². The molecule has 0 aliphatic carbocycles. The largest absolute Gasteiger partial charge is 0.339 e. The third-order valence-corrected chi connectivity index (χ3v) is 8.43. The number of hydrogen-bond donors (Lipinski definition) is 1. The second kappa shape index (κ2) is 7.05. The molecule has 0 bridgehead atoms. The van der Waals surface area contributed by atoms with E-state index < -0.39 is 10.0 Å². The lowest BCUT2D eigenvalue weighted by atomic mass is 10.1. The van der Waals surface area contributed by atoms with Crippen molar-refractivity contribution in [3.05, 3.63) is 40.0 Å². The maximum absolute atomic E-state index is 12.0. The Morgan fingerprint density at radius 1 is 1.28 bits per heavy atom. The molecule has 0 radical (unpaired) electrons. The summed E-state index contributed by atoms with van der Waals surface area (Å²) in [7, 11) is -3.21. The maximum Gasteiger partial charge on any atom is 0.211 e. The van der Waals surface area contributed by atoms with Gasteiger partial charge in [0.05, 0.1) is 23.9 Å². The van der Waals surface area contributed by atoms with Crippen LogP contribution in [0, 0.1) is 0 Å². The molecule has 2 aliphatic rings. The van der Waals surface area contributed by atoms with Crippen LogP contribution in [0.25, 0.3) is 10.2 Å². The summed E-state index contributed by atoms with van der Waals surface area (Å²) in [5, 5.41) is 4.52. The fraction of sp³-hybridized carbons (Fsp3) is 0.316. The highest BCUT2D eigenvalue weighted by atomic mass is 32.2. The van der Waals surface area contributed by atoms with E-state index in [4.69, 9.17) is 0 Å². The van der Waals surface area contributed by atoms with Crippen molar-refractivity contribution >= 4 is 61.1 Å². The lowest BCUT2D eigenvalue weighted by molar-refractivity contribution is 0.400. The number of thioether (sulfide) groups is 1. The SMILES string of the molecule is CSc1cc2c(cc1Nc1ncnc3sc4c(c13)CCN(S(C)(=O)=O)C4)C=NC2. The Labute approximate surface area is 177 Å². The number of hydrogen-bond acceptors (Lipinski definition) is 8. The first-order valence-electron chi connectivity index (χ1n) is 9.12. The van der Waals surface area contributed by atoms with Crippen LogP contribution in [0.15, 0.2) is 28.3 Å². The summed E-state index contributed by atoms with van der Waals surface area (Å²) in [5.74, 6) is 0.769. The minimum atomic E-state index is -3.21. The third kappa shape index (κ3) is 3.33. The Morgan fingerprint density at radius 2 is 2.14 bits per heavy atom. The Hall–Kier alpha value is -2.01. The van der Waals surface area contributed by atoms with Crippen LogP contribution in [0.5, 0.6) is 0 Å². The number of fused-ring (bicyclic) bond motifs is 4. The summed E-state index contributed by atoms with van der Waals surface area (Å²) in [6, 6.07) is 4.30. The highest BCUT2D eigenvalue weighted by Crippen LogP contribution is 2.40. The van der Waals surface area contributed by atoms with Gasteiger partial charge in [-0.15, -0.1) is 23.1 Å². The van der Waals surface area contributed by atoms with Crippen molar-refractivity contribution in [1.82, 2.24) is 14.3 Å². The molecule has 1 N–H and O–H groups in total. The molecule has 3 aromatic rings. The number of rotatable bonds is 4. The van der Waals surface area contributed by atoms with Crippen molar-refractivity contribution in [3.63, 3.8) is 0 Å². The zero-order valence-corrected chi connectivity index (χ0v) is 18.4. The quantitative estimate of drug-likeness (QED) is 0.619. The Bertz CT molecular complexity index is 1270. The average Bonchev–Trinajstić information content (AvgIpc) is 3.30. The van der Waals surface area contributed by atoms with Gasteiger partial charge in [-0.2, -0.15) is 4.31 Å². The highest BCUT2D eigenvalue weighted by Gasteiger charge is 2.28. The molecule has 0 saturated heterocycles. The summed E-state index contributed by atoms with van der Waals surface area (Å²) >= 11 is 3.24. The van der Waals surface area contributed by atoms with Gasteiger partial charge in [-0.3, -0.25) is 4.99 Å². The summed E-state index contributed by atoms with van der Waals surface area (Å²) in [4.78, 5) is 16.4. The predicted octanol–water partition coefficient (Wildman–Crippen LogP) is 3.41. The van der Waals surface area contributed by atoms with Crippen LogP contribution in [-0.2, 0) is 29.5 Å². The summed E-state index contributed by atoms with van der Waals surface area (Å²) in [6.45, 7) is 1.62. The Morgan fingerprint density at radius 3 is 2.93 bits per heavy atom. The van der Waals surface area contributed by atoms with Gasteiger partial charge in [0.25, 0.3) is 0 Å². The molecule has 7 nitrogen and oxygen atoms in total.